The number of para-hydroxylation sites is 1. The molecule has 0 aliphatic carbocycles. The van der Waals surface area contributed by atoms with Crippen LogP contribution in [-0.2, 0) is 11.2 Å². The van der Waals surface area contributed by atoms with Gasteiger partial charge in [0.05, 0.1) is 5.75 Å². The van der Waals surface area contributed by atoms with Gasteiger partial charge in [0.1, 0.15) is 0 Å². The fourth-order valence-corrected chi connectivity index (χ4v) is 4.08. The Kier molecular flexibility index (Phi) is 3.84. The molecule has 0 radical (unpaired) electrons. The van der Waals surface area contributed by atoms with Crippen molar-refractivity contribution in [2.75, 3.05) is 16.4 Å². The molecule has 0 spiro atoms. The highest BCUT2D eigenvalue weighted by atomic mass is 32.2. The Morgan fingerprint density at radius 1 is 1.36 bits per heavy atom. The monoisotopic (exact) mass is 354 g/mol. The lowest BCUT2D eigenvalue weighted by Crippen LogP contribution is -2.37. The number of fused-ring (bicyclic) bond motifs is 2. The van der Waals surface area contributed by atoms with Gasteiger partial charge in [-0.2, -0.15) is 0 Å². The SMILES string of the molecule is Cc1cc2nnc(SCC(=O)N3c4ccccc4CC3C)n2c(N)n1. The van der Waals surface area contributed by atoms with Crippen LogP contribution in [0.1, 0.15) is 18.2 Å². The van der Waals surface area contributed by atoms with Crippen molar-refractivity contribution in [2.45, 2.75) is 31.5 Å². The molecule has 3 heterocycles. The summed E-state index contributed by atoms with van der Waals surface area (Å²) < 4.78 is 1.67. The fourth-order valence-electron chi connectivity index (χ4n) is 3.27. The summed E-state index contributed by atoms with van der Waals surface area (Å²) in [6.45, 7) is 3.92. The lowest BCUT2D eigenvalue weighted by atomic mass is 10.1. The van der Waals surface area contributed by atoms with E-state index in [2.05, 4.69) is 28.2 Å². The predicted octanol–water partition coefficient (Wildman–Crippen LogP) is 2.08. The number of benzene rings is 1. The molecule has 1 aromatic carbocycles. The lowest BCUT2D eigenvalue weighted by molar-refractivity contribution is -0.116. The Balaban J connectivity index is 1.55. The molecule has 2 aromatic heterocycles. The summed E-state index contributed by atoms with van der Waals surface area (Å²) in [6.07, 6.45) is 0.886. The van der Waals surface area contributed by atoms with Crippen molar-refractivity contribution < 1.29 is 4.79 Å². The molecular formula is C17H18N6OS. The maximum atomic E-state index is 12.8. The zero-order valence-corrected chi connectivity index (χ0v) is 14.8. The molecule has 7 nitrogen and oxygen atoms in total. The molecule has 1 amide bonds. The molecule has 3 aromatic rings. The Hall–Kier alpha value is -2.61. The van der Waals surface area contributed by atoms with Crippen LogP contribution in [0.25, 0.3) is 5.65 Å². The molecule has 2 N–H and O–H groups in total. The van der Waals surface area contributed by atoms with Crippen molar-refractivity contribution >= 4 is 35.0 Å². The van der Waals surface area contributed by atoms with Crippen LogP contribution in [0, 0.1) is 6.92 Å². The standard InChI is InChI=1S/C17H18N6OS/c1-10-7-14-20-21-17(23(14)16(18)19-10)25-9-15(24)22-11(2)8-12-5-3-4-6-13(12)22/h3-7,11H,8-9H2,1-2H3,(H2,18,19). The molecule has 4 rings (SSSR count). The third kappa shape index (κ3) is 2.72. The summed E-state index contributed by atoms with van der Waals surface area (Å²) in [4.78, 5) is 18.9. The molecule has 0 bridgehead atoms. The molecular weight excluding hydrogens is 336 g/mol. The largest absolute Gasteiger partial charge is 0.369 e. The number of hydrogen-bond donors (Lipinski definition) is 1. The quantitative estimate of drug-likeness (QED) is 0.725. The molecule has 0 saturated carbocycles. The smallest absolute Gasteiger partial charge is 0.237 e. The topological polar surface area (TPSA) is 89.4 Å². The second kappa shape index (κ2) is 6.03. The normalized spacial score (nSPS) is 16.4. The highest BCUT2D eigenvalue weighted by Gasteiger charge is 2.30. The second-order valence-electron chi connectivity index (χ2n) is 6.17. The van der Waals surface area contributed by atoms with E-state index in [0.717, 1.165) is 17.8 Å². The summed E-state index contributed by atoms with van der Waals surface area (Å²) in [7, 11) is 0. The number of rotatable bonds is 3. The van der Waals surface area contributed by atoms with Crippen LogP contribution in [0.5, 0.6) is 0 Å². The van der Waals surface area contributed by atoms with Gasteiger partial charge in [-0.25, -0.2) is 9.38 Å². The van der Waals surface area contributed by atoms with Crippen molar-refractivity contribution in [1.29, 1.82) is 0 Å². The van der Waals surface area contributed by atoms with Crippen LogP contribution in [0.4, 0.5) is 11.6 Å². The number of thioether (sulfide) groups is 1. The molecule has 1 aliphatic heterocycles. The summed E-state index contributed by atoms with van der Waals surface area (Å²) in [5.41, 5.74) is 9.62. The summed E-state index contributed by atoms with van der Waals surface area (Å²) in [5.74, 6) is 0.653. The Morgan fingerprint density at radius 2 is 2.16 bits per heavy atom. The molecule has 25 heavy (non-hydrogen) atoms. The van der Waals surface area contributed by atoms with Crippen LogP contribution < -0.4 is 10.6 Å². The minimum atomic E-state index is 0.0536. The van der Waals surface area contributed by atoms with Crippen LogP contribution in [0.15, 0.2) is 35.5 Å². The van der Waals surface area contributed by atoms with Gasteiger partial charge in [0.25, 0.3) is 0 Å². The van der Waals surface area contributed by atoms with E-state index >= 15 is 0 Å². The average Bonchev–Trinajstić information content (AvgIpc) is 3.12. The first-order valence-corrected chi connectivity index (χ1v) is 9.04. The first-order valence-electron chi connectivity index (χ1n) is 8.05. The number of aromatic nitrogens is 4. The third-order valence-corrected chi connectivity index (χ3v) is 5.23. The van der Waals surface area contributed by atoms with Gasteiger partial charge in [0, 0.05) is 23.5 Å². The van der Waals surface area contributed by atoms with E-state index in [0.29, 0.717) is 16.8 Å². The minimum absolute atomic E-state index is 0.0536. The molecule has 1 atom stereocenters. The maximum absolute atomic E-state index is 12.8. The van der Waals surface area contributed by atoms with Crippen molar-refractivity contribution in [3.05, 3.63) is 41.6 Å². The molecule has 0 fully saturated rings. The van der Waals surface area contributed by atoms with E-state index in [1.54, 1.807) is 4.40 Å². The lowest BCUT2D eigenvalue weighted by Gasteiger charge is -2.22. The molecule has 128 valence electrons. The summed E-state index contributed by atoms with van der Waals surface area (Å²) in [5, 5.41) is 8.84. The van der Waals surface area contributed by atoms with Crippen molar-refractivity contribution in [1.82, 2.24) is 19.6 Å². The Bertz CT molecular complexity index is 969. The van der Waals surface area contributed by atoms with Gasteiger partial charge in [-0.3, -0.25) is 4.79 Å². The Labute approximate surface area is 149 Å². The van der Waals surface area contributed by atoms with E-state index < -0.39 is 0 Å². The first kappa shape index (κ1) is 15.9. The summed E-state index contributed by atoms with van der Waals surface area (Å²) in [6, 6.07) is 10.0. The number of carbonyl (C=O) groups excluding carboxylic acids is 1. The minimum Gasteiger partial charge on any atom is -0.369 e. The van der Waals surface area contributed by atoms with E-state index in [-0.39, 0.29) is 17.7 Å². The van der Waals surface area contributed by atoms with E-state index in [9.17, 15) is 4.79 Å². The van der Waals surface area contributed by atoms with E-state index in [1.165, 1.54) is 17.3 Å². The number of anilines is 2. The summed E-state index contributed by atoms with van der Waals surface area (Å²) >= 11 is 1.33. The molecule has 1 unspecified atom stereocenters. The zero-order valence-electron chi connectivity index (χ0n) is 14.0. The highest BCUT2D eigenvalue weighted by molar-refractivity contribution is 7.99. The number of hydrogen-bond acceptors (Lipinski definition) is 6. The maximum Gasteiger partial charge on any atom is 0.237 e. The van der Waals surface area contributed by atoms with Crippen LogP contribution in [0.3, 0.4) is 0 Å². The van der Waals surface area contributed by atoms with Gasteiger partial charge < -0.3 is 10.6 Å². The van der Waals surface area contributed by atoms with Gasteiger partial charge in [0.2, 0.25) is 11.9 Å². The molecule has 1 aliphatic rings. The number of aryl methyl sites for hydroxylation is 1. The molecule has 0 saturated heterocycles. The highest BCUT2D eigenvalue weighted by Crippen LogP contribution is 2.32. The number of carbonyl (C=O) groups is 1. The van der Waals surface area contributed by atoms with E-state index in [1.807, 2.05) is 36.1 Å². The van der Waals surface area contributed by atoms with Crippen molar-refractivity contribution in [2.24, 2.45) is 0 Å². The number of nitrogen functional groups attached to an aromatic ring is 1. The van der Waals surface area contributed by atoms with Crippen molar-refractivity contribution in [3.8, 4) is 0 Å². The third-order valence-electron chi connectivity index (χ3n) is 4.32. The van der Waals surface area contributed by atoms with Gasteiger partial charge in [-0.1, -0.05) is 30.0 Å². The van der Waals surface area contributed by atoms with Gasteiger partial charge >= 0.3 is 0 Å². The van der Waals surface area contributed by atoms with Gasteiger partial charge in [0.15, 0.2) is 10.8 Å². The van der Waals surface area contributed by atoms with Gasteiger partial charge in [-0.15, -0.1) is 10.2 Å². The Morgan fingerprint density at radius 3 is 3.00 bits per heavy atom. The van der Waals surface area contributed by atoms with Crippen molar-refractivity contribution in [3.63, 3.8) is 0 Å². The average molecular weight is 354 g/mol. The van der Waals surface area contributed by atoms with E-state index in [4.69, 9.17) is 5.73 Å². The molecule has 8 heteroatoms. The first-order chi connectivity index (χ1) is 12.0. The van der Waals surface area contributed by atoms with Gasteiger partial charge in [-0.05, 0) is 31.9 Å². The second-order valence-corrected chi connectivity index (χ2v) is 7.11. The fraction of sp³-hybridized carbons (Fsp3) is 0.294. The number of nitrogens with zero attached hydrogens (tertiary/aromatic N) is 5. The predicted molar refractivity (Wildman–Crippen MR) is 97.7 cm³/mol. The van der Waals surface area contributed by atoms with Crippen LogP contribution >= 0.6 is 11.8 Å². The van der Waals surface area contributed by atoms with Crippen LogP contribution in [-0.4, -0.2) is 37.3 Å². The zero-order chi connectivity index (χ0) is 17.6. The van der Waals surface area contributed by atoms with Crippen LogP contribution in [0.2, 0.25) is 0 Å². The number of nitrogens with two attached hydrogens (primary N) is 1. The number of amides is 1.